The average Bonchev–Trinajstić information content (AvgIpc) is 2.45. The molecule has 0 saturated heterocycles. The van der Waals surface area contributed by atoms with E-state index in [2.05, 4.69) is 24.3 Å². The van der Waals surface area contributed by atoms with Gasteiger partial charge in [0.05, 0.1) is 12.7 Å². The molecule has 0 aliphatic carbocycles. The van der Waals surface area contributed by atoms with Gasteiger partial charge in [0.15, 0.2) is 5.84 Å². The Morgan fingerprint density at radius 3 is 2.80 bits per heavy atom. The van der Waals surface area contributed by atoms with Crippen molar-refractivity contribution in [2.75, 3.05) is 13.7 Å². The summed E-state index contributed by atoms with van der Waals surface area (Å²) in [5.41, 5.74) is 7.30. The summed E-state index contributed by atoms with van der Waals surface area (Å²) in [5, 5.41) is 15.1. The fraction of sp³-hybridized carbons (Fsp3) is 0.533. The Morgan fingerprint density at radius 1 is 1.45 bits per heavy atom. The molecule has 0 amide bonds. The van der Waals surface area contributed by atoms with Gasteiger partial charge in [-0.2, -0.15) is 0 Å². The van der Waals surface area contributed by atoms with E-state index in [9.17, 15) is 0 Å². The van der Waals surface area contributed by atoms with Gasteiger partial charge in [-0.1, -0.05) is 25.1 Å². The maximum Gasteiger partial charge on any atom is 0.173 e. The van der Waals surface area contributed by atoms with Crippen LogP contribution < -0.4 is 15.8 Å². The molecule has 0 heterocycles. The predicted molar refractivity (Wildman–Crippen MR) is 81.3 cm³/mol. The molecule has 112 valence electrons. The van der Waals surface area contributed by atoms with Crippen molar-refractivity contribution in [3.05, 3.63) is 29.3 Å². The van der Waals surface area contributed by atoms with E-state index < -0.39 is 0 Å². The second-order valence-corrected chi connectivity index (χ2v) is 5.23. The van der Waals surface area contributed by atoms with Crippen molar-refractivity contribution < 1.29 is 9.94 Å². The van der Waals surface area contributed by atoms with Crippen molar-refractivity contribution >= 4 is 5.84 Å². The molecule has 0 spiro atoms. The molecule has 20 heavy (non-hydrogen) atoms. The van der Waals surface area contributed by atoms with E-state index in [0.29, 0.717) is 11.3 Å². The Kier molecular flexibility index (Phi) is 6.87. The fourth-order valence-electron chi connectivity index (χ4n) is 1.98. The standard InChI is InChI=1S/C15H25N3O2/c1-11(2)5-4-8-17-10-12-6-7-13(15(16)18-19)14(9-12)20-3/h6-7,9,11,17,19H,4-5,8,10H2,1-3H3,(H2,16,18). The third-order valence-corrected chi connectivity index (χ3v) is 3.11. The minimum absolute atomic E-state index is 0.0540. The summed E-state index contributed by atoms with van der Waals surface area (Å²) in [6.07, 6.45) is 2.41. The summed E-state index contributed by atoms with van der Waals surface area (Å²) in [4.78, 5) is 0. The van der Waals surface area contributed by atoms with Gasteiger partial charge in [0.2, 0.25) is 0 Å². The van der Waals surface area contributed by atoms with Crippen molar-refractivity contribution in [2.45, 2.75) is 33.2 Å². The van der Waals surface area contributed by atoms with Crippen LogP contribution in [0.25, 0.3) is 0 Å². The second-order valence-electron chi connectivity index (χ2n) is 5.23. The first-order chi connectivity index (χ1) is 9.58. The van der Waals surface area contributed by atoms with Gasteiger partial charge in [-0.3, -0.25) is 0 Å². The lowest BCUT2D eigenvalue weighted by Crippen LogP contribution is -2.17. The van der Waals surface area contributed by atoms with Gasteiger partial charge in [-0.05, 0) is 43.0 Å². The van der Waals surface area contributed by atoms with E-state index >= 15 is 0 Å². The monoisotopic (exact) mass is 279 g/mol. The Bertz CT molecular complexity index is 445. The van der Waals surface area contributed by atoms with Gasteiger partial charge in [-0.25, -0.2) is 0 Å². The van der Waals surface area contributed by atoms with E-state index in [1.54, 1.807) is 13.2 Å². The molecule has 1 aromatic rings. The van der Waals surface area contributed by atoms with Crippen molar-refractivity contribution in [1.29, 1.82) is 0 Å². The van der Waals surface area contributed by atoms with Gasteiger partial charge >= 0.3 is 0 Å². The number of hydrogen-bond donors (Lipinski definition) is 3. The molecule has 0 fully saturated rings. The normalized spacial score (nSPS) is 11.9. The Labute approximate surface area is 120 Å². The number of methoxy groups -OCH3 is 1. The number of oxime groups is 1. The summed E-state index contributed by atoms with van der Waals surface area (Å²) in [6.45, 7) is 6.25. The Hall–Kier alpha value is -1.75. The van der Waals surface area contributed by atoms with Crippen LogP contribution in [0.3, 0.4) is 0 Å². The van der Waals surface area contributed by atoms with Gasteiger partial charge in [-0.15, -0.1) is 0 Å². The topological polar surface area (TPSA) is 79.9 Å². The van der Waals surface area contributed by atoms with E-state index in [0.717, 1.165) is 24.6 Å². The van der Waals surface area contributed by atoms with E-state index in [-0.39, 0.29) is 5.84 Å². The van der Waals surface area contributed by atoms with Crippen molar-refractivity contribution in [3.63, 3.8) is 0 Å². The number of hydrogen-bond acceptors (Lipinski definition) is 4. The van der Waals surface area contributed by atoms with Gasteiger partial charge < -0.3 is 21.0 Å². The molecule has 1 aromatic carbocycles. The predicted octanol–water partition coefficient (Wildman–Crippen LogP) is 2.32. The molecule has 0 aliphatic rings. The summed E-state index contributed by atoms with van der Waals surface area (Å²) in [6, 6.07) is 5.66. The molecule has 5 heteroatoms. The van der Waals surface area contributed by atoms with Crippen LogP contribution in [0.15, 0.2) is 23.4 Å². The van der Waals surface area contributed by atoms with Crippen LogP contribution in [-0.4, -0.2) is 24.7 Å². The first-order valence-electron chi connectivity index (χ1n) is 6.94. The lowest BCUT2D eigenvalue weighted by atomic mass is 10.1. The highest BCUT2D eigenvalue weighted by molar-refractivity contribution is 5.99. The van der Waals surface area contributed by atoms with Gasteiger partial charge in [0.1, 0.15) is 5.75 Å². The molecule has 0 bridgehead atoms. The van der Waals surface area contributed by atoms with Crippen LogP contribution in [0, 0.1) is 5.92 Å². The van der Waals surface area contributed by atoms with Crippen molar-refractivity contribution in [3.8, 4) is 5.75 Å². The SMILES string of the molecule is COc1cc(CNCCCC(C)C)ccc1/C(N)=N/O. The molecule has 4 N–H and O–H groups in total. The zero-order chi connectivity index (χ0) is 15.0. The van der Waals surface area contributed by atoms with Crippen LogP contribution in [0.5, 0.6) is 5.75 Å². The van der Waals surface area contributed by atoms with Crippen LogP contribution in [0.4, 0.5) is 0 Å². The van der Waals surface area contributed by atoms with Gasteiger partial charge in [0, 0.05) is 6.54 Å². The molecule has 0 aliphatic heterocycles. The molecular weight excluding hydrogens is 254 g/mol. The number of amidine groups is 1. The quantitative estimate of drug-likeness (QED) is 0.224. The highest BCUT2D eigenvalue weighted by Gasteiger charge is 2.08. The van der Waals surface area contributed by atoms with E-state index in [1.807, 2.05) is 12.1 Å². The molecule has 5 nitrogen and oxygen atoms in total. The van der Waals surface area contributed by atoms with E-state index in [1.165, 1.54) is 12.8 Å². The van der Waals surface area contributed by atoms with Gasteiger partial charge in [0.25, 0.3) is 0 Å². The summed E-state index contributed by atoms with van der Waals surface area (Å²) >= 11 is 0. The van der Waals surface area contributed by atoms with E-state index in [4.69, 9.17) is 15.7 Å². The molecular formula is C15H25N3O2. The highest BCUT2D eigenvalue weighted by atomic mass is 16.5. The lowest BCUT2D eigenvalue weighted by molar-refractivity contribution is 0.318. The number of nitrogens with zero attached hydrogens (tertiary/aromatic N) is 1. The van der Waals surface area contributed by atoms with Crippen LogP contribution >= 0.6 is 0 Å². The lowest BCUT2D eigenvalue weighted by Gasteiger charge is -2.11. The zero-order valence-electron chi connectivity index (χ0n) is 12.5. The van der Waals surface area contributed by atoms with Crippen LogP contribution in [-0.2, 0) is 6.54 Å². The first-order valence-corrected chi connectivity index (χ1v) is 6.94. The fourth-order valence-corrected chi connectivity index (χ4v) is 1.98. The summed E-state index contributed by atoms with van der Waals surface area (Å²) in [7, 11) is 1.57. The minimum Gasteiger partial charge on any atom is -0.496 e. The minimum atomic E-state index is 0.0540. The van der Waals surface area contributed by atoms with Crippen LogP contribution in [0.1, 0.15) is 37.8 Å². The smallest absolute Gasteiger partial charge is 0.173 e. The number of nitrogens with two attached hydrogens (primary N) is 1. The third kappa shape index (κ3) is 5.09. The maximum atomic E-state index is 8.72. The molecule has 0 aromatic heterocycles. The maximum absolute atomic E-state index is 8.72. The molecule has 0 saturated carbocycles. The number of nitrogens with one attached hydrogen (secondary N) is 1. The molecule has 0 atom stereocenters. The first kappa shape index (κ1) is 16.3. The average molecular weight is 279 g/mol. The number of rotatable bonds is 8. The second kappa shape index (κ2) is 8.43. The molecule has 0 unspecified atom stereocenters. The van der Waals surface area contributed by atoms with Crippen molar-refractivity contribution in [2.24, 2.45) is 16.8 Å². The third-order valence-electron chi connectivity index (χ3n) is 3.11. The molecule has 1 rings (SSSR count). The van der Waals surface area contributed by atoms with Crippen LogP contribution in [0.2, 0.25) is 0 Å². The van der Waals surface area contributed by atoms with Crippen molar-refractivity contribution in [1.82, 2.24) is 5.32 Å². The highest BCUT2D eigenvalue weighted by Crippen LogP contribution is 2.20. The number of ether oxygens (including phenoxy) is 1. The zero-order valence-corrected chi connectivity index (χ0v) is 12.5. The molecule has 0 radical (unpaired) electrons. The Balaban J connectivity index is 2.56. The number of benzene rings is 1. The largest absolute Gasteiger partial charge is 0.496 e. The Morgan fingerprint density at radius 2 is 2.20 bits per heavy atom. The summed E-state index contributed by atoms with van der Waals surface area (Å²) in [5.74, 6) is 1.41. The summed E-state index contributed by atoms with van der Waals surface area (Å²) < 4.78 is 5.27.